The van der Waals surface area contributed by atoms with Gasteiger partial charge in [0.2, 0.25) is 23.5 Å². The number of hydrogen-bond acceptors (Lipinski definition) is 15. The maximum absolute atomic E-state index is 14.5. The zero-order valence-corrected chi connectivity index (χ0v) is 49.4. The minimum atomic E-state index is -1.07. The van der Waals surface area contributed by atoms with Gasteiger partial charge in [0.15, 0.2) is 17.2 Å². The number of fused-ring (bicyclic) bond motifs is 4. The third-order valence-electron chi connectivity index (χ3n) is 14.4. The van der Waals surface area contributed by atoms with Crippen molar-refractivity contribution in [1.82, 2.24) is 41.0 Å². The fourth-order valence-corrected chi connectivity index (χ4v) is 9.81. The molecule has 0 radical (unpaired) electrons. The van der Waals surface area contributed by atoms with E-state index in [9.17, 15) is 43.2 Å². The number of nitrogens with two attached hydrogens (primary N) is 1. The molecule has 0 fully saturated rings. The van der Waals surface area contributed by atoms with Crippen LogP contribution in [0.25, 0.3) is 21.8 Å². The Bertz CT molecular complexity index is 3190. The zero-order chi connectivity index (χ0) is 61.0. The third-order valence-corrected chi connectivity index (χ3v) is 14.8. The van der Waals surface area contributed by atoms with Gasteiger partial charge in [0.05, 0.1) is 50.7 Å². The maximum atomic E-state index is 14.5. The summed E-state index contributed by atoms with van der Waals surface area (Å²) < 4.78 is 33.3. The standard InChI is InChI=1S/C57H75ClN10O15/c1-30(2)40(69)14-15-43(70)64-45(31(3)4)51(72)63-36(13-12-20-60-54(59)75)50(71)65-57(5)18-16-32(17-19-57)29-82-55(76)66(6)21-22-67(7)56(77)83-41-26-39-44(35-25-38(53(74)81-11)62-47(35)41)34(27-58)28-68(39)52(73)37-23-33-24-42(78-8)48(79-9)49(80-10)46(33)61-37/h16-18,23-26,30-31,34,36,45,61-62H,12-15,19-22,27-29H2,1-11H3,(H,63,72)(H,64,70)(H,65,71)(H3,59,60,75)/t34-,36+,45+,57?/m1/s1. The summed E-state index contributed by atoms with van der Waals surface area (Å²) in [5.41, 5.74) is 7.00. The molecule has 8 amide bonds. The van der Waals surface area contributed by atoms with E-state index in [1.165, 1.54) is 63.3 Å². The van der Waals surface area contributed by atoms with Gasteiger partial charge >= 0.3 is 24.2 Å². The zero-order valence-electron chi connectivity index (χ0n) is 48.6. The van der Waals surface area contributed by atoms with E-state index >= 15 is 0 Å². The first-order valence-corrected chi connectivity index (χ1v) is 27.5. The Labute approximate surface area is 485 Å². The lowest BCUT2D eigenvalue weighted by molar-refractivity contribution is -0.134. The van der Waals surface area contributed by atoms with E-state index in [0.717, 1.165) is 0 Å². The molecule has 2 aromatic heterocycles. The fraction of sp³-hybridized carbons (Fsp3) is 0.491. The van der Waals surface area contributed by atoms with Gasteiger partial charge in [-0.2, -0.15) is 0 Å². The van der Waals surface area contributed by atoms with Gasteiger partial charge in [0.1, 0.15) is 35.9 Å². The van der Waals surface area contributed by atoms with Crippen LogP contribution >= 0.6 is 11.6 Å². The normalized spacial score (nSPS) is 16.1. The number of alkyl halides is 1. The number of likely N-dealkylation sites (N-methyl/N-ethyl adjacent to an activating group) is 2. The quantitative estimate of drug-likeness (QED) is 0.0222. The first kappa shape index (κ1) is 63.7. The number of H-pyrrole nitrogens is 2. The third kappa shape index (κ3) is 15.4. The summed E-state index contributed by atoms with van der Waals surface area (Å²) in [6.45, 7) is 8.92. The van der Waals surface area contributed by atoms with Crippen LogP contribution in [-0.4, -0.2) is 172 Å². The van der Waals surface area contributed by atoms with E-state index in [4.69, 9.17) is 45.8 Å². The van der Waals surface area contributed by atoms with E-state index in [1.54, 1.807) is 71.0 Å². The minimum Gasteiger partial charge on any atom is -0.493 e. The molecule has 1 unspecified atom stereocenters. The van der Waals surface area contributed by atoms with Crippen LogP contribution in [-0.2, 0) is 28.7 Å². The number of anilines is 1. The second-order valence-corrected chi connectivity index (χ2v) is 21.5. The Morgan fingerprint density at radius 1 is 0.831 bits per heavy atom. The summed E-state index contributed by atoms with van der Waals surface area (Å²) >= 11 is 6.56. The van der Waals surface area contributed by atoms with Gasteiger partial charge < -0.3 is 80.1 Å². The molecular formula is C57H75ClN10O15. The second-order valence-electron chi connectivity index (χ2n) is 21.2. The Kier molecular flexibility index (Phi) is 21.5. The number of nitrogens with zero attached hydrogens (tertiary/aromatic N) is 3. The average Bonchev–Trinajstić information content (AvgIpc) is 3.08. The highest BCUT2D eigenvalue weighted by molar-refractivity contribution is 6.19. The highest BCUT2D eigenvalue weighted by Gasteiger charge is 2.38. The van der Waals surface area contributed by atoms with Crippen molar-refractivity contribution in [2.45, 2.75) is 90.3 Å². The number of hydrogen-bond donors (Lipinski definition) is 7. The van der Waals surface area contributed by atoms with Crippen molar-refractivity contribution >= 4 is 92.7 Å². The number of carbonyl (C=O) groups excluding carboxylic acids is 9. The molecule has 25 nitrogen and oxygen atoms in total. The molecule has 0 saturated heterocycles. The molecule has 0 bridgehead atoms. The molecule has 0 saturated carbocycles. The van der Waals surface area contributed by atoms with Crippen LogP contribution in [0.15, 0.2) is 48.1 Å². The minimum absolute atomic E-state index is 0.00385. The number of aromatic amines is 2. The van der Waals surface area contributed by atoms with Crippen molar-refractivity contribution in [2.75, 3.05) is 86.1 Å². The molecule has 6 rings (SSSR count). The first-order chi connectivity index (χ1) is 39.4. The van der Waals surface area contributed by atoms with Crippen LogP contribution < -0.4 is 50.8 Å². The number of ether oxygens (including phenoxy) is 6. The molecule has 4 atom stereocenters. The fourth-order valence-electron chi connectivity index (χ4n) is 9.56. The number of nitrogens with one attached hydrogen (secondary N) is 6. The van der Waals surface area contributed by atoms with Gasteiger partial charge in [0.25, 0.3) is 5.91 Å². The van der Waals surface area contributed by atoms with Crippen molar-refractivity contribution in [1.29, 1.82) is 0 Å². The molecule has 8 N–H and O–H groups in total. The van der Waals surface area contributed by atoms with E-state index < -0.39 is 71.4 Å². The number of primary amides is 1. The number of methoxy groups -OCH3 is 4. The predicted octanol–water partition coefficient (Wildman–Crippen LogP) is 5.78. The molecule has 83 heavy (non-hydrogen) atoms. The molecule has 1 aliphatic carbocycles. The number of halogens is 1. The lowest BCUT2D eigenvalue weighted by Gasteiger charge is -2.32. The molecule has 1 aliphatic heterocycles. The molecular weight excluding hydrogens is 1100 g/mol. The smallest absolute Gasteiger partial charge is 0.415 e. The lowest BCUT2D eigenvalue weighted by Crippen LogP contribution is -2.58. The van der Waals surface area contributed by atoms with Crippen LogP contribution in [0.3, 0.4) is 0 Å². The number of urea groups is 1. The van der Waals surface area contributed by atoms with Crippen LogP contribution in [0.2, 0.25) is 0 Å². The molecule has 4 aromatic rings. The van der Waals surface area contributed by atoms with Gasteiger partial charge in [-0.05, 0) is 61.4 Å². The number of esters is 1. The number of ketones is 1. The Balaban J connectivity index is 1.07. The van der Waals surface area contributed by atoms with Gasteiger partial charge in [0, 0.05) is 87.7 Å². The summed E-state index contributed by atoms with van der Waals surface area (Å²) in [6, 6.07) is 3.65. The average molecular weight is 1180 g/mol. The van der Waals surface area contributed by atoms with Crippen LogP contribution in [0.1, 0.15) is 99.2 Å². The maximum Gasteiger partial charge on any atom is 0.415 e. The van der Waals surface area contributed by atoms with Crippen molar-refractivity contribution in [2.24, 2.45) is 17.6 Å². The second kappa shape index (κ2) is 28.0. The number of amides is 8. The molecule has 2 aliphatic rings. The van der Waals surface area contributed by atoms with Gasteiger partial charge in [-0.15, -0.1) is 11.6 Å². The van der Waals surface area contributed by atoms with Crippen molar-refractivity contribution in [3.05, 3.63) is 65.0 Å². The van der Waals surface area contributed by atoms with Crippen LogP contribution in [0.4, 0.5) is 20.1 Å². The first-order valence-electron chi connectivity index (χ1n) is 27.0. The predicted molar refractivity (Wildman–Crippen MR) is 308 cm³/mol. The van der Waals surface area contributed by atoms with E-state index in [1.807, 2.05) is 0 Å². The number of benzene rings is 2. The molecule has 26 heteroatoms. The number of aromatic nitrogens is 2. The number of carbonyl (C=O) groups is 9. The molecule has 0 spiro atoms. The van der Waals surface area contributed by atoms with Crippen molar-refractivity contribution < 1.29 is 71.6 Å². The highest BCUT2D eigenvalue weighted by atomic mass is 35.5. The Hall–Kier alpha value is -8.48. The van der Waals surface area contributed by atoms with Crippen molar-refractivity contribution in [3.63, 3.8) is 0 Å². The topological polar surface area (TPSA) is 324 Å². The summed E-state index contributed by atoms with van der Waals surface area (Å²) in [7, 11) is 8.64. The van der Waals surface area contributed by atoms with Gasteiger partial charge in [-0.3, -0.25) is 24.0 Å². The number of rotatable bonds is 26. The molecule has 3 heterocycles. The summed E-state index contributed by atoms with van der Waals surface area (Å²) in [5, 5.41) is 12.0. The lowest BCUT2D eigenvalue weighted by atomic mass is 9.90. The van der Waals surface area contributed by atoms with E-state index in [2.05, 4.69) is 31.2 Å². The molecule has 450 valence electrons. The Morgan fingerprint density at radius 3 is 2.12 bits per heavy atom. The van der Waals surface area contributed by atoms with Gasteiger partial charge in [-0.1, -0.05) is 45.9 Å². The largest absolute Gasteiger partial charge is 0.493 e. The summed E-state index contributed by atoms with van der Waals surface area (Å²) in [5.74, 6) is -2.64. The van der Waals surface area contributed by atoms with Crippen LogP contribution in [0, 0.1) is 11.8 Å². The van der Waals surface area contributed by atoms with E-state index in [-0.39, 0.29) is 111 Å². The summed E-state index contributed by atoms with van der Waals surface area (Å²) in [4.78, 5) is 128. The Morgan fingerprint density at radius 2 is 1.52 bits per heavy atom. The van der Waals surface area contributed by atoms with Crippen molar-refractivity contribution in [3.8, 4) is 23.0 Å². The number of Topliss-reactive ketones (excluding diaryl/α,β-unsaturated/α-hetero) is 1. The van der Waals surface area contributed by atoms with E-state index in [0.29, 0.717) is 50.4 Å². The summed E-state index contributed by atoms with van der Waals surface area (Å²) in [6.07, 6.45) is 4.33. The van der Waals surface area contributed by atoms with Crippen LogP contribution in [0.5, 0.6) is 23.0 Å². The SMILES string of the molecule is COC(=O)c1cc2c3c(cc(OC(=O)N(C)CCN(C)C(=O)OCC4=CCC(C)(NC(=O)[C@H](CCCNC(N)=O)NC(=O)[C@@H](NC(=O)CCC(=O)C(C)C)C(C)C)C=C4)c2[nH]1)N(C(=O)c1cc2cc(OC)c(OC)c(OC)c2[nH]1)C[C@H]3CCl. The van der Waals surface area contributed by atoms with Gasteiger partial charge in [-0.25, -0.2) is 19.2 Å². The highest BCUT2D eigenvalue weighted by Crippen LogP contribution is 2.48. The monoisotopic (exact) mass is 1170 g/mol. The molecule has 2 aromatic carbocycles.